The van der Waals surface area contributed by atoms with Crippen molar-refractivity contribution >= 4 is 39.3 Å². The number of benzene rings is 2. The Bertz CT molecular complexity index is 929. The van der Waals surface area contributed by atoms with E-state index in [1.54, 1.807) is 6.08 Å². The molecule has 1 N–H and O–H groups in total. The van der Waals surface area contributed by atoms with Gasteiger partial charge in [-0.15, -0.1) is 16.8 Å². The highest BCUT2D eigenvalue weighted by molar-refractivity contribution is 9.10. The SMILES string of the molecule is C=CCn1c(COc2ccccc2)nnc1SCC(=O)Nc1ccc(Br)cc1. The van der Waals surface area contributed by atoms with E-state index in [2.05, 4.69) is 38.0 Å². The van der Waals surface area contributed by atoms with E-state index in [1.165, 1.54) is 11.8 Å². The standard InChI is InChI=1S/C20H19BrN4O2S/c1-2-12-25-18(13-27-17-6-4-3-5-7-17)23-24-20(25)28-14-19(26)22-16-10-8-15(21)9-11-16/h2-11H,1,12-14H2,(H,22,26). The molecule has 0 radical (unpaired) electrons. The summed E-state index contributed by atoms with van der Waals surface area (Å²) < 4.78 is 8.61. The molecule has 0 saturated carbocycles. The minimum atomic E-state index is -0.109. The van der Waals surface area contributed by atoms with Crippen LogP contribution in [0.1, 0.15) is 5.82 Å². The molecule has 1 amide bonds. The largest absolute Gasteiger partial charge is 0.486 e. The maximum Gasteiger partial charge on any atom is 0.234 e. The fourth-order valence-corrected chi connectivity index (χ4v) is 3.40. The van der Waals surface area contributed by atoms with Gasteiger partial charge in [-0.1, -0.05) is 52.0 Å². The number of anilines is 1. The van der Waals surface area contributed by atoms with E-state index in [0.29, 0.717) is 17.5 Å². The van der Waals surface area contributed by atoms with Crippen LogP contribution in [0.5, 0.6) is 5.75 Å². The van der Waals surface area contributed by atoms with Crippen molar-refractivity contribution in [2.24, 2.45) is 0 Å². The number of amides is 1. The fraction of sp³-hybridized carbons (Fsp3) is 0.150. The quantitative estimate of drug-likeness (QED) is 0.376. The van der Waals surface area contributed by atoms with Crippen LogP contribution in [-0.4, -0.2) is 26.4 Å². The molecule has 0 bridgehead atoms. The number of rotatable bonds is 9. The van der Waals surface area contributed by atoms with Crippen LogP contribution in [0, 0.1) is 0 Å². The zero-order chi connectivity index (χ0) is 19.8. The smallest absolute Gasteiger partial charge is 0.234 e. The minimum absolute atomic E-state index is 0.109. The molecule has 8 heteroatoms. The summed E-state index contributed by atoms with van der Waals surface area (Å²) in [6.07, 6.45) is 1.77. The van der Waals surface area contributed by atoms with Gasteiger partial charge in [0.15, 0.2) is 11.0 Å². The average molecular weight is 459 g/mol. The van der Waals surface area contributed by atoms with E-state index in [0.717, 1.165) is 15.9 Å². The molecule has 0 aliphatic carbocycles. The number of hydrogen-bond donors (Lipinski definition) is 1. The molecule has 0 fully saturated rings. The molecule has 0 atom stereocenters. The minimum Gasteiger partial charge on any atom is -0.486 e. The van der Waals surface area contributed by atoms with Crippen LogP contribution in [0.4, 0.5) is 5.69 Å². The fourth-order valence-electron chi connectivity index (χ4n) is 2.37. The van der Waals surface area contributed by atoms with Gasteiger partial charge in [0.05, 0.1) is 5.75 Å². The van der Waals surface area contributed by atoms with Crippen molar-refractivity contribution in [3.63, 3.8) is 0 Å². The first-order chi connectivity index (χ1) is 13.7. The lowest BCUT2D eigenvalue weighted by molar-refractivity contribution is -0.113. The molecule has 1 heterocycles. The van der Waals surface area contributed by atoms with Crippen LogP contribution < -0.4 is 10.1 Å². The van der Waals surface area contributed by atoms with Gasteiger partial charge in [-0.2, -0.15) is 0 Å². The number of nitrogens with one attached hydrogen (secondary N) is 1. The summed E-state index contributed by atoms with van der Waals surface area (Å²) in [4.78, 5) is 12.2. The maximum atomic E-state index is 12.2. The number of halogens is 1. The second-order valence-electron chi connectivity index (χ2n) is 5.74. The number of ether oxygens (including phenoxy) is 1. The number of thioether (sulfide) groups is 1. The lowest BCUT2D eigenvalue weighted by Crippen LogP contribution is -2.15. The van der Waals surface area contributed by atoms with Crippen molar-refractivity contribution in [3.8, 4) is 5.75 Å². The summed E-state index contributed by atoms with van der Waals surface area (Å²) in [7, 11) is 0. The van der Waals surface area contributed by atoms with Crippen molar-refractivity contribution in [3.05, 3.63) is 77.5 Å². The Morgan fingerprint density at radius 3 is 2.64 bits per heavy atom. The van der Waals surface area contributed by atoms with Gasteiger partial charge in [0, 0.05) is 16.7 Å². The first kappa shape index (κ1) is 20.2. The van der Waals surface area contributed by atoms with Crippen LogP contribution in [0.3, 0.4) is 0 Å². The van der Waals surface area contributed by atoms with Crippen molar-refractivity contribution in [1.82, 2.24) is 14.8 Å². The number of allylic oxidation sites excluding steroid dienone is 1. The highest BCUT2D eigenvalue weighted by atomic mass is 79.9. The van der Waals surface area contributed by atoms with Gasteiger partial charge in [-0.3, -0.25) is 9.36 Å². The normalized spacial score (nSPS) is 10.5. The predicted octanol–water partition coefficient (Wildman–Crippen LogP) is 4.54. The number of carbonyl (C=O) groups excluding carboxylic acids is 1. The van der Waals surface area contributed by atoms with Crippen LogP contribution in [-0.2, 0) is 17.9 Å². The molecular formula is C20H19BrN4O2S. The summed E-state index contributed by atoms with van der Waals surface area (Å²) in [6, 6.07) is 17.0. The zero-order valence-corrected chi connectivity index (χ0v) is 17.4. The number of hydrogen-bond acceptors (Lipinski definition) is 5. The molecule has 0 aliphatic heterocycles. The van der Waals surface area contributed by atoms with Crippen LogP contribution in [0.25, 0.3) is 0 Å². The van der Waals surface area contributed by atoms with Crippen molar-refractivity contribution < 1.29 is 9.53 Å². The van der Waals surface area contributed by atoms with Crippen molar-refractivity contribution in [2.45, 2.75) is 18.3 Å². The summed E-state index contributed by atoms with van der Waals surface area (Å²) in [5, 5.41) is 11.9. The molecule has 0 spiro atoms. The van der Waals surface area contributed by atoms with E-state index < -0.39 is 0 Å². The first-order valence-electron chi connectivity index (χ1n) is 8.55. The predicted molar refractivity (Wildman–Crippen MR) is 114 cm³/mol. The lowest BCUT2D eigenvalue weighted by atomic mass is 10.3. The van der Waals surface area contributed by atoms with E-state index in [9.17, 15) is 4.79 Å². The van der Waals surface area contributed by atoms with E-state index in [1.807, 2.05) is 59.2 Å². The molecule has 144 valence electrons. The lowest BCUT2D eigenvalue weighted by Gasteiger charge is -2.09. The second-order valence-corrected chi connectivity index (χ2v) is 7.60. The Morgan fingerprint density at radius 2 is 1.93 bits per heavy atom. The maximum absolute atomic E-state index is 12.2. The van der Waals surface area contributed by atoms with Crippen molar-refractivity contribution in [2.75, 3.05) is 11.1 Å². The van der Waals surface area contributed by atoms with Crippen LogP contribution in [0.15, 0.2) is 76.9 Å². The van der Waals surface area contributed by atoms with Gasteiger partial charge >= 0.3 is 0 Å². The highest BCUT2D eigenvalue weighted by Gasteiger charge is 2.14. The number of para-hydroxylation sites is 1. The van der Waals surface area contributed by atoms with Gasteiger partial charge in [0.1, 0.15) is 12.4 Å². The van der Waals surface area contributed by atoms with Gasteiger partial charge < -0.3 is 10.1 Å². The number of carbonyl (C=O) groups is 1. The molecule has 28 heavy (non-hydrogen) atoms. The first-order valence-corrected chi connectivity index (χ1v) is 10.3. The summed E-state index contributed by atoms with van der Waals surface area (Å²) in [6.45, 7) is 4.61. The van der Waals surface area contributed by atoms with Gasteiger partial charge in [0.2, 0.25) is 5.91 Å². The molecule has 3 aromatic rings. The molecule has 2 aromatic carbocycles. The molecule has 0 unspecified atom stereocenters. The van der Waals surface area contributed by atoms with E-state index in [4.69, 9.17) is 4.74 Å². The molecule has 6 nitrogen and oxygen atoms in total. The summed E-state index contributed by atoms with van der Waals surface area (Å²) in [5.74, 6) is 1.56. The zero-order valence-electron chi connectivity index (χ0n) is 15.0. The molecule has 1 aromatic heterocycles. The molecule has 0 aliphatic rings. The number of nitrogens with zero attached hydrogens (tertiary/aromatic N) is 3. The Morgan fingerprint density at radius 1 is 1.18 bits per heavy atom. The third-order valence-electron chi connectivity index (χ3n) is 3.68. The average Bonchev–Trinajstić information content (AvgIpc) is 3.09. The topological polar surface area (TPSA) is 69.0 Å². The highest BCUT2D eigenvalue weighted by Crippen LogP contribution is 2.20. The third-order valence-corrected chi connectivity index (χ3v) is 5.17. The number of aromatic nitrogens is 3. The Kier molecular flexibility index (Phi) is 7.27. The molecular weight excluding hydrogens is 440 g/mol. The monoisotopic (exact) mass is 458 g/mol. The summed E-state index contributed by atoms with van der Waals surface area (Å²) >= 11 is 4.70. The Hall–Kier alpha value is -2.58. The van der Waals surface area contributed by atoms with Crippen molar-refractivity contribution in [1.29, 1.82) is 0 Å². The molecule has 3 rings (SSSR count). The Labute approximate surface area is 176 Å². The van der Waals surface area contributed by atoms with Gasteiger partial charge in [-0.05, 0) is 36.4 Å². The van der Waals surface area contributed by atoms with Crippen LogP contribution in [0.2, 0.25) is 0 Å². The van der Waals surface area contributed by atoms with E-state index in [-0.39, 0.29) is 18.3 Å². The van der Waals surface area contributed by atoms with E-state index >= 15 is 0 Å². The van der Waals surface area contributed by atoms with Crippen LogP contribution >= 0.6 is 27.7 Å². The third kappa shape index (κ3) is 5.71. The Balaban J connectivity index is 1.59. The molecule has 0 saturated heterocycles. The van der Waals surface area contributed by atoms with Gasteiger partial charge in [0.25, 0.3) is 0 Å². The second kappa shape index (κ2) is 10.1. The summed E-state index contributed by atoms with van der Waals surface area (Å²) in [5.41, 5.74) is 0.748. The van der Waals surface area contributed by atoms with Gasteiger partial charge in [-0.25, -0.2) is 0 Å².